The minimum atomic E-state index is -0.559. The summed E-state index contributed by atoms with van der Waals surface area (Å²) in [6.45, 7) is 16.9. The third kappa shape index (κ3) is 3.37. The van der Waals surface area contributed by atoms with Crippen LogP contribution in [0.2, 0.25) is 0 Å². The van der Waals surface area contributed by atoms with E-state index in [4.69, 9.17) is 20.2 Å². The van der Waals surface area contributed by atoms with Crippen molar-refractivity contribution in [2.24, 2.45) is 0 Å². The molecule has 0 saturated carbocycles. The van der Waals surface area contributed by atoms with Crippen LogP contribution in [0.25, 0.3) is 0 Å². The van der Waals surface area contributed by atoms with Crippen LogP contribution in [0, 0.1) is 0 Å². The molecule has 0 amide bonds. The third-order valence-electron chi connectivity index (χ3n) is 7.06. The molecule has 8 nitrogen and oxygen atoms in total. The average molecular weight is 626 g/mol. The SMILES string of the molecule is CC1(C)c2ncn(n2)C(C)(C)c2ccc([n-]2)C(C)(C)c2ccc([n-]2)C(C)(C)n2cnc1n2.[Pt+2]. The van der Waals surface area contributed by atoms with Gasteiger partial charge in [0.25, 0.3) is 0 Å². The van der Waals surface area contributed by atoms with Crippen LogP contribution in [0.5, 0.6) is 0 Å². The molecular weight excluding hydrogens is 595 g/mol. The molecule has 1 aliphatic heterocycles. The van der Waals surface area contributed by atoms with Gasteiger partial charge in [0.1, 0.15) is 12.7 Å². The molecule has 4 aromatic heterocycles. The van der Waals surface area contributed by atoms with Gasteiger partial charge in [-0.05, 0) is 47.0 Å². The Kier molecular flexibility index (Phi) is 5.21. The number of rotatable bonds is 0. The minimum Gasteiger partial charge on any atom is -0.662 e. The molecule has 0 radical (unpaired) electrons. The first-order valence-corrected chi connectivity index (χ1v) is 11.0. The van der Waals surface area contributed by atoms with E-state index >= 15 is 0 Å². The molecule has 0 saturated heterocycles. The summed E-state index contributed by atoms with van der Waals surface area (Å²) in [7, 11) is 0. The fourth-order valence-electron chi connectivity index (χ4n) is 4.21. The number of fused-ring (bicyclic) bond motifs is 8. The normalized spacial score (nSPS) is 19.6. The Labute approximate surface area is 208 Å². The van der Waals surface area contributed by atoms with E-state index in [1.807, 2.05) is 9.36 Å². The predicted molar refractivity (Wildman–Crippen MR) is 121 cm³/mol. The van der Waals surface area contributed by atoms with E-state index in [1.54, 1.807) is 12.7 Å². The van der Waals surface area contributed by atoms with Gasteiger partial charge < -0.3 is 9.97 Å². The topological polar surface area (TPSA) is 89.6 Å². The van der Waals surface area contributed by atoms with E-state index in [2.05, 4.69) is 89.6 Å². The Morgan fingerprint density at radius 1 is 0.576 bits per heavy atom. The first-order chi connectivity index (χ1) is 14.8. The zero-order valence-corrected chi connectivity index (χ0v) is 22.6. The van der Waals surface area contributed by atoms with Crippen LogP contribution in [0.15, 0.2) is 36.9 Å². The second kappa shape index (κ2) is 7.26. The number of hydrogen-bond acceptors (Lipinski definition) is 4. The fraction of sp³-hybridized carbons (Fsp3) is 0.500. The van der Waals surface area contributed by atoms with E-state index in [9.17, 15) is 0 Å². The van der Waals surface area contributed by atoms with Gasteiger partial charge in [0.2, 0.25) is 0 Å². The number of nitrogens with zero attached hydrogens (tertiary/aromatic N) is 8. The summed E-state index contributed by atoms with van der Waals surface area (Å²) >= 11 is 0. The van der Waals surface area contributed by atoms with Gasteiger partial charge in [-0.3, -0.25) is 0 Å². The second-order valence-corrected chi connectivity index (χ2v) is 10.8. The summed E-state index contributed by atoms with van der Waals surface area (Å²) < 4.78 is 3.77. The van der Waals surface area contributed by atoms with E-state index in [0.717, 1.165) is 22.8 Å². The van der Waals surface area contributed by atoms with Gasteiger partial charge in [0, 0.05) is 0 Å². The van der Waals surface area contributed by atoms with Crippen molar-refractivity contribution in [3.63, 3.8) is 0 Å². The smallest absolute Gasteiger partial charge is 0.662 e. The maximum absolute atomic E-state index is 5.04. The fourth-order valence-corrected chi connectivity index (χ4v) is 4.21. The summed E-state index contributed by atoms with van der Waals surface area (Å²) in [5, 5.41) is 9.72. The summed E-state index contributed by atoms with van der Waals surface area (Å²) in [5.74, 6) is 1.35. The van der Waals surface area contributed by atoms with Crippen LogP contribution in [-0.4, -0.2) is 29.5 Å². The summed E-state index contributed by atoms with van der Waals surface area (Å²) in [4.78, 5) is 19.4. The maximum atomic E-state index is 5.04. The minimum absolute atomic E-state index is 0. The molecule has 0 aromatic carbocycles. The Morgan fingerprint density at radius 2 is 0.939 bits per heavy atom. The summed E-state index contributed by atoms with van der Waals surface area (Å²) in [6, 6.07) is 8.36. The van der Waals surface area contributed by atoms with Crippen molar-refractivity contribution in [3.05, 3.63) is 71.3 Å². The van der Waals surface area contributed by atoms with Crippen LogP contribution < -0.4 is 9.97 Å². The molecule has 5 heterocycles. The molecule has 0 N–H and O–H groups in total. The standard InChI is InChI=1S/C24H30N8.Pt/c1-21(2)15-9-11-17(27-15)23(5,6)31-13-25-19(29-31)22(3,4)20-26-14-32(30-20)24(7,8)18-12-10-16(21)28-18;/h9-14H,1-8H3;/q-2;+2. The maximum Gasteiger partial charge on any atom is 2.00 e. The van der Waals surface area contributed by atoms with Crippen molar-refractivity contribution in [2.75, 3.05) is 0 Å². The van der Waals surface area contributed by atoms with Crippen molar-refractivity contribution in [3.8, 4) is 0 Å². The number of hydrogen-bond donors (Lipinski definition) is 0. The van der Waals surface area contributed by atoms with Crippen molar-refractivity contribution >= 4 is 0 Å². The molecule has 4 aromatic rings. The first-order valence-electron chi connectivity index (χ1n) is 11.0. The van der Waals surface area contributed by atoms with Crippen molar-refractivity contribution in [1.82, 2.24) is 39.5 Å². The van der Waals surface area contributed by atoms with Crippen LogP contribution >= 0.6 is 0 Å². The van der Waals surface area contributed by atoms with Gasteiger partial charge >= 0.3 is 21.1 Å². The Hall–Kier alpha value is -2.47. The van der Waals surface area contributed by atoms with Crippen molar-refractivity contribution in [1.29, 1.82) is 0 Å². The van der Waals surface area contributed by atoms with Gasteiger partial charge in [0.05, 0.1) is 16.5 Å². The van der Waals surface area contributed by atoms with Crippen molar-refractivity contribution < 1.29 is 21.1 Å². The van der Waals surface area contributed by atoms with Crippen LogP contribution in [0.1, 0.15) is 89.8 Å². The Balaban J connectivity index is 0.00000259. The number of aromatic nitrogens is 8. The zero-order valence-electron chi connectivity index (χ0n) is 20.4. The molecule has 0 unspecified atom stereocenters. The van der Waals surface area contributed by atoms with E-state index in [0.29, 0.717) is 11.6 Å². The van der Waals surface area contributed by atoms with Crippen LogP contribution in [0.3, 0.4) is 0 Å². The van der Waals surface area contributed by atoms with E-state index < -0.39 is 16.5 Å². The van der Waals surface area contributed by atoms with Gasteiger partial charge in [0.15, 0.2) is 11.6 Å². The molecule has 0 atom stereocenters. The first kappa shape index (κ1) is 23.7. The molecule has 5 rings (SSSR count). The average Bonchev–Trinajstić information content (AvgIpc) is 3.53. The molecule has 0 fully saturated rings. The van der Waals surface area contributed by atoms with E-state index in [1.165, 1.54) is 0 Å². The van der Waals surface area contributed by atoms with Crippen LogP contribution in [0.4, 0.5) is 0 Å². The molecule has 33 heavy (non-hydrogen) atoms. The summed E-state index contributed by atoms with van der Waals surface area (Å²) in [5.41, 5.74) is 2.02. The molecule has 0 spiro atoms. The quantitative estimate of drug-likeness (QED) is 0.298. The molecule has 9 heteroatoms. The predicted octanol–water partition coefficient (Wildman–Crippen LogP) is 3.31. The zero-order chi connectivity index (χ0) is 23.1. The second-order valence-electron chi connectivity index (χ2n) is 10.8. The Bertz CT molecular complexity index is 1010. The van der Waals surface area contributed by atoms with Gasteiger partial charge in [-0.2, -0.15) is 21.6 Å². The molecular formula is C24H30N8Pt. The monoisotopic (exact) mass is 625 g/mol. The van der Waals surface area contributed by atoms with Gasteiger partial charge in [-0.15, -0.1) is 11.4 Å². The molecule has 0 aliphatic carbocycles. The largest absolute Gasteiger partial charge is 2.00 e. The third-order valence-corrected chi connectivity index (χ3v) is 7.06. The molecule has 176 valence electrons. The van der Waals surface area contributed by atoms with Gasteiger partial charge in [-0.1, -0.05) is 38.1 Å². The molecule has 8 bridgehead atoms. The van der Waals surface area contributed by atoms with Gasteiger partial charge in [-0.25, -0.2) is 19.3 Å². The summed E-state index contributed by atoms with van der Waals surface area (Å²) in [6.07, 6.45) is 3.56. The van der Waals surface area contributed by atoms with Crippen LogP contribution in [-0.2, 0) is 43.0 Å². The van der Waals surface area contributed by atoms with Crippen molar-refractivity contribution in [2.45, 2.75) is 77.3 Å². The Morgan fingerprint density at radius 3 is 1.33 bits per heavy atom. The van der Waals surface area contributed by atoms with E-state index in [-0.39, 0.29) is 26.5 Å². The molecule has 1 aliphatic rings.